The van der Waals surface area contributed by atoms with Gasteiger partial charge in [-0.2, -0.15) is 0 Å². The lowest BCUT2D eigenvalue weighted by atomic mass is 9.46. The predicted octanol–water partition coefficient (Wildman–Crippen LogP) is 12.1. The van der Waals surface area contributed by atoms with Crippen LogP contribution in [0.2, 0.25) is 0 Å². The van der Waals surface area contributed by atoms with Crippen LogP contribution in [0.25, 0.3) is 11.1 Å². The molecule has 14 heteroatoms. The van der Waals surface area contributed by atoms with E-state index in [1.165, 1.54) is 6.07 Å². The number of phosphoric acid groups is 1. The fraction of sp³-hybridized carbons (Fsp3) is 0.466. The topological polar surface area (TPSA) is 156 Å². The van der Waals surface area contributed by atoms with Crippen molar-refractivity contribution in [3.63, 3.8) is 0 Å². The number of phosphoric ester groups is 1. The third-order valence-electron chi connectivity index (χ3n) is 16.0. The SMILES string of the molecule is CC(C)(C)OP(=O)(OCC(=O)[C@@]12O[C@H](c3ccc(Cc4ccc(NC(=O)OCC5c6ccccc6-c6ccccc65)cc4)cc3F)O[C@@H]1C[C@H]1[C@@H]3CCC4=CC(=O)C=C[C@]4(C)[C@H]3[C@@H](O)C[C@@]12C)OC(C)(C)C. The maximum atomic E-state index is 16.5. The minimum atomic E-state index is -4.36. The van der Waals surface area contributed by atoms with Gasteiger partial charge in [-0.3, -0.25) is 28.5 Å². The number of ether oxygens (including phenoxy) is 3. The number of nitrogens with one attached hydrogen (secondary N) is 1. The number of anilines is 1. The van der Waals surface area contributed by atoms with Gasteiger partial charge in [0.25, 0.3) is 0 Å². The average molecular weight is 1000 g/mol. The van der Waals surface area contributed by atoms with Crippen LogP contribution >= 0.6 is 7.82 Å². The van der Waals surface area contributed by atoms with E-state index in [1.54, 1.807) is 78.0 Å². The zero-order valence-corrected chi connectivity index (χ0v) is 43.1. The van der Waals surface area contributed by atoms with Crippen LogP contribution in [0.15, 0.2) is 115 Å². The predicted molar refractivity (Wildman–Crippen MR) is 269 cm³/mol. The van der Waals surface area contributed by atoms with Gasteiger partial charge in [-0.15, -0.1) is 0 Å². The first-order valence-electron chi connectivity index (χ1n) is 25.1. The van der Waals surface area contributed by atoms with Crippen molar-refractivity contribution in [3.8, 4) is 11.1 Å². The lowest BCUT2D eigenvalue weighted by Crippen LogP contribution is -2.63. The molecule has 0 bridgehead atoms. The van der Waals surface area contributed by atoms with Crippen molar-refractivity contribution in [2.45, 2.75) is 129 Å². The maximum absolute atomic E-state index is 16.5. The van der Waals surface area contributed by atoms with E-state index in [2.05, 4.69) is 36.5 Å². The molecule has 10 rings (SSSR count). The molecule has 0 spiro atoms. The fourth-order valence-corrected chi connectivity index (χ4v) is 15.0. The maximum Gasteiger partial charge on any atom is 0.476 e. The summed E-state index contributed by atoms with van der Waals surface area (Å²) in [6.45, 7) is 13.7. The first-order chi connectivity index (χ1) is 34.0. The molecule has 6 aliphatic rings. The van der Waals surface area contributed by atoms with Crippen LogP contribution in [0.3, 0.4) is 0 Å². The first-order valence-corrected chi connectivity index (χ1v) is 26.6. The molecule has 1 aliphatic heterocycles. The normalized spacial score (nSPS) is 29.6. The molecule has 3 saturated carbocycles. The van der Waals surface area contributed by atoms with Crippen LogP contribution < -0.4 is 5.32 Å². The van der Waals surface area contributed by atoms with Crippen LogP contribution in [0.1, 0.15) is 121 Å². The van der Waals surface area contributed by atoms with E-state index in [-0.39, 0.29) is 48.0 Å². The van der Waals surface area contributed by atoms with E-state index < -0.39 is 78.3 Å². The largest absolute Gasteiger partial charge is 0.476 e. The highest BCUT2D eigenvalue weighted by molar-refractivity contribution is 7.48. The summed E-state index contributed by atoms with van der Waals surface area (Å²) in [4.78, 5) is 40.7. The van der Waals surface area contributed by atoms with Gasteiger partial charge in [0, 0.05) is 33.9 Å². The van der Waals surface area contributed by atoms with E-state index in [0.717, 1.165) is 33.4 Å². The first kappa shape index (κ1) is 50.4. The smallest absolute Gasteiger partial charge is 0.448 e. The van der Waals surface area contributed by atoms with Gasteiger partial charge >= 0.3 is 13.9 Å². The quantitative estimate of drug-likeness (QED) is 0.130. The molecular weight excluding hydrogens is 937 g/mol. The average Bonchev–Trinajstić information content (AvgIpc) is 3.92. The van der Waals surface area contributed by atoms with Crippen molar-refractivity contribution >= 4 is 31.2 Å². The number of fused-ring (bicyclic) bond motifs is 10. The minimum absolute atomic E-state index is 0.0623. The third-order valence-corrected chi connectivity index (χ3v) is 18.0. The van der Waals surface area contributed by atoms with Gasteiger partial charge in [-0.05, 0) is 149 Å². The standard InChI is InChI=1S/C58H65FNO11P/c1-54(2,3)70-72(65,71-55(4,5)6)67-33-49(63)58-50(30-46-43-24-20-36-29-38(61)25-26-56(36,7)51(43)48(62)31-57(46,58)8)68-52(69-58)44-23-19-35(28-47(44)59)27-34-17-21-37(22-18-34)60-53(64)66-32-45-41-15-11-9-13-39(41)40-14-10-12-16-42(40)45/h9-19,21-23,25-26,28-29,43,45-46,48,50-52,62H,20,24,27,30-33H2,1-8H3,(H,60,64)/t43-,46-,48-,50+,51+,52+,56-,57-,58+/m0/s1. The minimum Gasteiger partial charge on any atom is -0.448 e. The van der Waals surface area contributed by atoms with Crippen LogP contribution in [0.5, 0.6) is 0 Å². The second kappa shape index (κ2) is 18.4. The highest BCUT2D eigenvalue weighted by Crippen LogP contribution is 2.71. The number of ketones is 2. The molecule has 4 fully saturated rings. The molecule has 2 N–H and O–H groups in total. The molecule has 4 aromatic rings. The lowest BCUT2D eigenvalue weighted by molar-refractivity contribution is -0.201. The Morgan fingerprint density at radius 3 is 2.15 bits per heavy atom. The molecule has 5 aliphatic carbocycles. The number of Topliss-reactive ketones (excluding diaryl/α,β-unsaturated/α-hetero) is 1. The second-order valence-corrected chi connectivity index (χ2v) is 24.5. The Labute approximate surface area is 421 Å². The molecule has 12 nitrogen and oxygen atoms in total. The highest BCUT2D eigenvalue weighted by Gasteiger charge is 2.76. The second-order valence-electron chi connectivity index (χ2n) is 23.0. The number of allylic oxidation sites excluding steroid dienone is 4. The summed E-state index contributed by atoms with van der Waals surface area (Å²) < 4.78 is 67.9. The van der Waals surface area contributed by atoms with Crippen molar-refractivity contribution in [2.24, 2.45) is 28.6 Å². The van der Waals surface area contributed by atoms with Crippen molar-refractivity contribution in [2.75, 3.05) is 18.5 Å². The van der Waals surface area contributed by atoms with E-state index in [0.29, 0.717) is 36.9 Å². The Hall–Kier alpha value is -5.11. The molecule has 72 heavy (non-hydrogen) atoms. The Morgan fingerprint density at radius 2 is 1.51 bits per heavy atom. The van der Waals surface area contributed by atoms with Crippen LogP contribution in [0, 0.1) is 34.4 Å². The number of benzene rings is 4. The summed E-state index contributed by atoms with van der Waals surface area (Å²) in [6.07, 6.45) is 3.82. The zero-order valence-electron chi connectivity index (χ0n) is 42.2. The van der Waals surface area contributed by atoms with Crippen LogP contribution in [-0.2, 0) is 48.4 Å². The van der Waals surface area contributed by atoms with Gasteiger partial charge < -0.3 is 19.3 Å². The number of aliphatic hydroxyl groups excluding tert-OH is 1. The number of hydrogen-bond acceptors (Lipinski definition) is 11. The van der Waals surface area contributed by atoms with Crippen molar-refractivity contribution in [1.82, 2.24) is 0 Å². The molecule has 1 amide bonds. The molecule has 1 saturated heterocycles. The van der Waals surface area contributed by atoms with Gasteiger partial charge in [-0.1, -0.05) is 98.3 Å². The summed E-state index contributed by atoms with van der Waals surface area (Å²) in [5.74, 6) is -1.78. The van der Waals surface area contributed by atoms with Crippen molar-refractivity contribution in [1.29, 1.82) is 0 Å². The van der Waals surface area contributed by atoms with E-state index in [1.807, 2.05) is 49.4 Å². The van der Waals surface area contributed by atoms with Gasteiger partial charge in [0.15, 0.2) is 23.5 Å². The number of halogens is 1. The lowest BCUT2D eigenvalue weighted by Gasteiger charge is -2.59. The Bertz CT molecular complexity index is 2860. The van der Waals surface area contributed by atoms with E-state index >= 15 is 9.18 Å². The molecular formula is C58H65FNO11P. The Morgan fingerprint density at radius 1 is 0.875 bits per heavy atom. The van der Waals surface area contributed by atoms with E-state index in [4.69, 9.17) is 27.8 Å². The molecule has 0 unspecified atom stereocenters. The number of rotatable bonds is 12. The summed E-state index contributed by atoms with van der Waals surface area (Å²) in [7, 11) is -4.36. The molecule has 0 radical (unpaired) electrons. The molecule has 380 valence electrons. The van der Waals surface area contributed by atoms with Crippen molar-refractivity contribution in [3.05, 3.63) is 148 Å². The van der Waals surface area contributed by atoms with Gasteiger partial charge in [0.1, 0.15) is 19.0 Å². The molecule has 1 heterocycles. The fourth-order valence-electron chi connectivity index (χ4n) is 13.3. The molecule has 4 aromatic carbocycles. The Kier molecular flexibility index (Phi) is 12.9. The monoisotopic (exact) mass is 1000 g/mol. The number of carbonyl (C=O) groups is 3. The third kappa shape index (κ3) is 9.07. The highest BCUT2D eigenvalue weighted by atomic mass is 31.2. The van der Waals surface area contributed by atoms with Crippen LogP contribution in [-0.4, -0.2) is 65.0 Å². The van der Waals surface area contributed by atoms with Crippen LogP contribution in [0.4, 0.5) is 14.9 Å². The van der Waals surface area contributed by atoms with Crippen molar-refractivity contribution < 1.29 is 56.2 Å². The summed E-state index contributed by atoms with van der Waals surface area (Å²) in [5, 5.41) is 15.1. The molecule has 0 aromatic heterocycles. The number of carbonyl (C=O) groups excluding carboxylic acids is 3. The number of hydrogen-bond donors (Lipinski definition) is 2. The van der Waals surface area contributed by atoms with E-state index in [9.17, 15) is 19.3 Å². The summed E-state index contributed by atoms with van der Waals surface area (Å²) >= 11 is 0. The summed E-state index contributed by atoms with van der Waals surface area (Å²) in [6, 6.07) is 28.4. The summed E-state index contributed by atoms with van der Waals surface area (Å²) in [5.41, 5.74) is 2.48. The molecule has 9 atom stereocenters. The van der Waals surface area contributed by atoms with Gasteiger partial charge in [0.2, 0.25) is 0 Å². The van der Waals surface area contributed by atoms with Gasteiger partial charge in [0.05, 0.1) is 23.4 Å². The Balaban J connectivity index is 0.856. The zero-order chi connectivity index (χ0) is 51.2. The number of aliphatic hydroxyl groups is 1. The van der Waals surface area contributed by atoms with Gasteiger partial charge in [-0.25, -0.2) is 13.8 Å². The number of amides is 1.